The summed E-state index contributed by atoms with van der Waals surface area (Å²) < 4.78 is 13.9. The van der Waals surface area contributed by atoms with Crippen molar-refractivity contribution in [3.8, 4) is 0 Å². The molecule has 4 nitrogen and oxygen atoms in total. The molecule has 20 heavy (non-hydrogen) atoms. The van der Waals surface area contributed by atoms with Gasteiger partial charge in [-0.15, -0.1) is 0 Å². The Morgan fingerprint density at radius 1 is 1.35 bits per heavy atom. The molecule has 3 N–H and O–H groups in total. The minimum atomic E-state index is -0.618. The molecule has 1 amide bonds. The van der Waals surface area contributed by atoms with Crippen LogP contribution in [0.5, 0.6) is 0 Å². The number of rotatable bonds is 2. The number of halogens is 2. The second-order valence-electron chi connectivity index (χ2n) is 4.50. The summed E-state index contributed by atoms with van der Waals surface area (Å²) in [6, 6.07) is 4.41. The van der Waals surface area contributed by atoms with Crippen molar-refractivity contribution in [1.29, 1.82) is 0 Å². The first-order chi connectivity index (χ1) is 9.38. The van der Waals surface area contributed by atoms with Crippen LogP contribution in [0.15, 0.2) is 24.4 Å². The van der Waals surface area contributed by atoms with Crippen LogP contribution in [0.25, 0.3) is 0 Å². The van der Waals surface area contributed by atoms with Gasteiger partial charge >= 0.3 is 0 Å². The van der Waals surface area contributed by atoms with E-state index in [-0.39, 0.29) is 10.7 Å². The molecule has 0 radical (unpaired) electrons. The molecule has 6 heteroatoms. The van der Waals surface area contributed by atoms with Gasteiger partial charge < -0.3 is 11.1 Å². The third-order valence-electron chi connectivity index (χ3n) is 2.75. The highest BCUT2D eigenvalue weighted by Gasteiger charge is 2.16. The van der Waals surface area contributed by atoms with Crippen LogP contribution >= 0.6 is 11.6 Å². The second-order valence-corrected chi connectivity index (χ2v) is 4.86. The van der Waals surface area contributed by atoms with Crippen molar-refractivity contribution in [1.82, 2.24) is 4.98 Å². The van der Waals surface area contributed by atoms with E-state index in [2.05, 4.69) is 10.3 Å². The third kappa shape index (κ3) is 2.88. The molecule has 0 unspecified atom stereocenters. The van der Waals surface area contributed by atoms with Gasteiger partial charge in [0.15, 0.2) is 5.15 Å². The van der Waals surface area contributed by atoms with Crippen molar-refractivity contribution in [2.24, 2.45) is 0 Å². The summed E-state index contributed by atoms with van der Waals surface area (Å²) in [5, 5.41) is 2.68. The molecule has 0 aliphatic carbocycles. The number of hydrogen-bond acceptors (Lipinski definition) is 3. The monoisotopic (exact) mass is 293 g/mol. The van der Waals surface area contributed by atoms with E-state index in [0.29, 0.717) is 16.9 Å². The van der Waals surface area contributed by atoms with E-state index in [9.17, 15) is 9.18 Å². The number of anilines is 2. The highest BCUT2D eigenvalue weighted by Crippen LogP contribution is 2.22. The fourth-order valence-corrected chi connectivity index (χ4v) is 1.94. The number of carbonyl (C=O) groups is 1. The molecule has 2 aromatic rings. The molecule has 0 bridgehead atoms. The van der Waals surface area contributed by atoms with Crippen LogP contribution in [-0.2, 0) is 0 Å². The summed E-state index contributed by atoms with van der Waals surface area (Å²) in [5.74, 6) is -1.22. The van der Waals surface area contributed by atoms with Gasteiger partial charge in [0.1, 0.15) is 5.82 Å². The molecule has 1 heterocycles. The van der Waals surface area contributed by atoms with Gasteiger partial charge in [-0.05, 0) is 43.2 Å². The molecule has 1 aromatic carbocycles. The van der Waals surface area contributed by atoms with E-state index in [1.54, 1.807) is 19.2 Å². The number of carbonyl (C=O) groups excluding carboxylic acids is 1. The first-order valence-corrected chi connectivity index (χ1v) is 6.25. The quantitative estimate of drug-likeness (QED) is 0.659. The maximum Gasteiger partial charge on any atom is 0.258 e. The molecule has 0 atom stereocenters. The van der Waals surface area contributed by atoms with Gasteiger partial charge in [-0.25, -0.2) is 9.37 Å². The van der Waals surface area contributed by atoms with Gasteiger partial charge in [0.05, 0.1) is 11.3 Å². The van der Waals surface area contributed by atoms with Gasteiger partial charge in [-0.2, -0.15) is 0 Å². The summed E-state index contributed by atoms with van der Waals surface area (Å²) in [6.07, 6.45) is 1.57. The summed E-state index contributed by atoms with van der Waals surface area (Å²) in [6.45, 7) is 3.36. The average molecular weight is 294 g/mol. The summed E-state index contributed by atoms with van der Waals surface area (Å²) in [4.78, 5) is 16.0. The zero-order valence-corrected chi connectivity index (χ0v) is 11.8. The fraction of sp³-hybridized carbons (Fsp3) is 0.143. The Hall–Kier alpha value is -2.14. The fourth-order valence-electron chi connectivity index (χ4n) is 1.79. The maximum atomic E-state index is 13.9. The van der Waals surface area contributed by atoms with E-state index >= 15 is 0 Å². The molecule has 0 saturated heterocycles. The van der Waals surface area contributed by atoms with Crippen LogP contribution in [0.1, 0.15) is 21.5 Å². The lowest BCUT2D eigenvalue weighted by Crippen LogP contribution is -2.15. The topological polar surface area (TPSA) is 68.0 Å². The lowest BCUT2D eigenvalue weighted by atomic mass is 10.1. The number of aromatic nitrogens is 1. The zero-order chi connectivity index (χ0) is 14.9. The van der Waals surface area contributed by atoms with Crippen LogP contribution < -0.4 is 11.1 Å². The van der Waals surface area contributed by atoms with E-state index in [1.807, 2.05) is 6.92 Å². The molecular formula is C14H13ClFN3O. The van der Waals surface area contributed by atoms with Crippen LogP contribution in [0.2, 0.25) is 5.15 Å². The number of nitrogens with two attached hydrogens (primary N) is 1. The molecule has 0 spiro atoms. The maximum absolute atomic E-state index is 13.9. The van der Waals surface area contributed by atoms with Crippen molar-refractivity contribution in [3.05, 3.63) is 52.1 Å². The molecule has 0 aliphatic rings. The Labute approximate surface area is 120 Å². The molecular weight excluding hydrogens is 281 g/mol. The lowest BCUT2D eigenvalue weighted by molar-refractivity contribution is 0.102. The van der Waals surface area contributed by atoms with Crippen molar-refractivity contribution in [3.63, 3.8) is 0 Å². The second kappa shape index (κ2) is 5.46. The minimum Gasteiger partial charge on any atom is -0.399 e. The minimum absolute atomic E-state index is 0.125. The van der Waals surface area contributed by atoms with Crippen LogP contribution in [0.3, 0.4) is 0 Å². The SMILES string of the molecule is Cc1cnc(Cl)c(NC(=O)c2cc(N)cc(C)c2F)c1. The average Bonchev–Trinajstić information content (AvgIpc) is 2.38. The number of nitrogen functional groups attached to an aromatic ring is 1. The van der Waals surface area contributed by atoms with Gasteiger partial charge in [0.2, 0.25) is 0 Å². The Kier molecular flexibility index (Phi) is 3.90. The summed E-state index contributed by atoms with van der Waals surface area (Å²) >= 11 is 5.89. The van der Waals surface area contributed by atoms with E-state index in [0.717, 1.165) is 5.56 Å². The zero-order valence-electron chi connectivity index (χ0n) is 11.0. The largest absolute Gasteiger partial charge is 0.399 e. The Balaban J connectivity index is 2.35. The Morgan fingerprint density at radius 3 is 2.75 bits per heavy atom. The molecule has 104 valence electrons. The molecule has 1 aromatic heterocycles. The van der Waals surface area contributed by atoms with E-state index < -0.39 is 11.7 Å². The summed E-state index contributed by atoms with van der Waals surface area (Å²) in [7, 11) is 0. The van der Waals surface area contributed by atoms with Crippen molar-refractivity contribution in [2.75, 3.05) is 11.1 Å². The number of nitrogens with zero attached hydrogens (tertiary/aromatic N) is 1. The first kappa shape index (κ1) is 14.3. The highest BCUT2D eigenvalue weighted by atomic mass is 35.5. The lowest BCUT2D eigenvalue weighted by Gasteiger charge is -2.10. The van der Waals surface area contributed by atoms with E-state index in [4.69, 9.17) is 17.3 Å². The number of hydrogen-bond donors (Lipinski definition) is 2. The molecule has 0 fully saturated rings. The van der Waals surface area contributed by atoms with E-state index in [1.165, 1.54) is 12.1 Å². The predicted octanol–water partition coefficient (Wildman–Crippen LogP) is 3.33. The van der Waals surface area contributed by atoms with Gasteiger partial charge in [-0.1, -0.05) is 11.6 Å². The number of amides is 1. The standard InChI is InChI=1S/C14H13ClFN3O/c1-7-3-11(13(15)18-6-7)19-14(20)10-5-9(17)4-8(2)12(10)16/h3-6H,17H2,1-2H3,(H,19,20). The van der Waals surface area contributed by atoms with Crippen LogP contribution in [0.4, 0.5) is 15.8 Å². The molecule has 0 saturated carbocycles. The first-order valence-electron chi connectivity index (χ1n) is 5.87. The number of benzene rings is 1. The smallest absolute Gasteiger partial charge is 0.258 e. The predicted molar refractivity (Wildman–Crippen MR) is 77.5 cm³/mol. The number of nitrogens with one attached hydrogen (secondary N) is 1. The number of aryl methyl sites for hydroxylation is 2. The highest BCUT2D eigenvalue weighted by molar-refractivity contribution is 6.32. The summed E-state index contributed by atoms with van der Waals surface area (Å²) in [5.41, 5.74) is 7.29. The van der Waals surface area contributed by atoms with Crippen molar-refractivity contribution >= 4 is 28.9 Å². The van der Waals surface area contributed by atoms with Crippen LogP contribution in [0, 0.1) is 19.7 Å². The van der Waals surface area contributed by atoms with Gasteiger partial charge in [-0.3, -0.25) is 4.79 Å². The normalized spacial score (nSPS) is 10.4. The Bertz CT molecular complexity index is 688. The van der Waals surface area contributed by atoms with Gasteiger partial charge in [0.25, 0.3) is 5.91 Å². The third-order valence-corrected chi connectivity index (χ3v) is 3.05. The number of pyridine rings is 1. The molecule has 0 aliphatic heterocycles. The van der Waals surface area contributed by atoms with Crippen molar-refractivity contribution < 1.29 is 9.18 Å². The molecule has 2 rings (SSSR count). The van der Waals surface area contributed by atoms with Crippen molar-refractivity contribution in [2.45, 2.75) is 13.8 Å². The Morgan fingerprint density at radius 2 is 2.05 bits per heavy atom. The van der Waals surface area contributed by atoms with Crippen LogP contribution in [-0.4, -0.2) is 10.9 Å². The van der Waals surface area contributed by atoms with Gasteiger partial charge in [0, 0.05) is 11.9 Å².